The molecule has 2 N–H and O–H groups in total. The normalized spacial score (nSPS) is 18.0. The number of carbonyl (C=O) groups is 1. The van der Waals surface area contributed by atoms with Gasteiger partial charge in [0.2, 0.25) is 0 Å². The smallest absolute Gasteiger partial charge is 0.272 e. The van der Waals surface area contributed by atoms with Gasteiger partial charge < -0.3 is 10.6 Å². The van der Waals surface area contributed by atoms with Gasteiger partial charge in [0, 0.05) is 25.8 Å². The molecule has 4 rings (SSSR count). The highest BCUT2D eigenvalue weighted by Crippen LogP contribution is 2.22. The van der Waals surface area contributed by atoms with Crippen LogP contribution in [0.1, 0.15) is 48.6 Å². The van der Waals surface area contributed by atoms with E-state index >= 15 is 0 Å². The Morgan fingerprint density at radius 2 is 2.18 bits per heavy atom. The maximum Gasteiger partial charge on any atom is 0.272 e. The summed E-state index contributed by atoms with van der Waals surface area (Å²) < 4.78 is 3.73. The Morgan fingerprint density at radius 1 is 1.36 bits per heavy atom. The quantitative estimate of drug-likeness (QED) is 0.746. The summed E-state index contributed by atoms with van der Waals surface area (Å²) in [4.78, 5) is 19.7. The molecule has 28 heavy (non-hydrogen) atoms. The van der Waals surface area contributed by atoms with E-state index in [4.69, 9.17) is 5.73 Å². The van der Waals surface area contributed by atoms with Crippen molar-refractivity contribution in [2.24, 2.45) is 11.7 Å². The molecule has 4 heterocycles. The van der Waals surface area contributed by atoms with Crippen molar-refractivity contribution in [3.8, 4) is 0 Å². The van der Waals surface area contributed by atoms with Crippen LogP contribution >= 0.6 is 0 Å². The minimum atomic E-state index is -0.507. The Bertz CT molecular complexity index is 998. The fraction of sp³-hybridized carbons (Fsp3) is 0.500. The van der Waals surface area contributed by atoms with Gasteiger partial charge in [0.05, 0.1) is 17.4 Å². The van der Waals surface area contributed by atoms with Gasteiger partial charge in [-0.2, -0.15) is 0 Å². The molecule has 8 nitrogen and oxygen atoms in total. The number of rotatable bonds is 4. The lowest BCUT2D eigenvalue weighted by Crippen LogP contribution is -2.41. The maximum atomic E-state index is 13.2. The van der Waals surface area contributed by atoms with Gasteiger partial charge in [0.1, 0.15) is 17.0 Å². The molecule has 0 radical (unpaired) electrons. The van der Waals surface area contributed by atoms with Gasteiger partial charge in [-0.05, 0) is 51.7 Å². The molecule has 8 heteroatoms. The number of aryl methyl sites for hydroxylation is 1. The second kappa shape index (κ2) is 7.01. The van der Waals surface area contributed by atoms with Gasteiger partial charge >= 0.3 is 0 Å². The molecule has 0 saturated carbocycles. The highest BCUT2D eigenvalue weighted by Gasteiger charge is 2.28. The van der Waals surface area contributed by atoms with Crippen molar-refractivity contribution < 1.29 is 4.79 Å². The zero-order valence-corrected chi connectivity index (χ0v) is 16.7. The molecule has 3 aromatic rings. The molecule has 1 aliphatic heterocycles. The molecule has 0 bridgehead atoms. The summed E-state index contributed by atoms with van der Waals surface area (Å²) >= 11 is 0. The first kappa shape index (κ1) is 18.6. The molecule has 1 aliphatic rings. The lowest BCUT2D eigenvalue weighted by atomic mass is 9.97. The number of aromatic nitrogens is 5. The second-order valence-corrected chi connectivity index (χ2v) is 8.28. The minimum absolute atomic E-state index is 0.0447. The van der Waals surface area contributed by atoms with Crippen molar-refractivity contribution in [2.75, 3.05) is 13.1 Å². The van der Waals surface area contributed by atoms with Gasteiger partial charge in [-0.1, -0.05) is 11.3 Å². The van der Waals surface area contributed by atoms with Crippen molar-refractivity contribution in [3.63, 3.8) is 0 Å². The lowest BCUT2D eigenvalue weighted by Gasteiger charge is -2.32. The van der Waals surface area contributed by atoms with E-state index in [1.807, 2.05) is 65.3 Å². The topological polar surface area (TPSA) is 94.3 Å². The van der Waals surface area contributed by atoms with Crippen LogP contribution in [-0.4, -0.2) is 48.3 Å². The van der Waals surface area contributed by atoms with Gasteiger partial charge in [-0.15, -0.1) is 5.10 Å². The number of pyridine rings is 1. The predicted molar refractivity (Wildman–Crippen MR) is 106 cm³/mol. The van der Waals surface area contributed by atoms with Crippen molar-refractivity contribution in [1.29, 1.82) is 0 Å². The highest BCUT2D eigenvalue weighted by molar-refractivity contribution is 5.94. The third-order valence-corrected chi connectivity index (χ3v) is 5.36. The van der Waals surface area contributed by atoms with E-state index in [9.17, 15) is 4.79 Å². The Kier molecular flexibility index (Phi) is 4.66. The third-order valence-electron chi connectivity index (χ3n) is 5.36. The standard InChI is InChI=1S/C20H27N7O/c1-14-18(27-10-5-4-8-17(27)22-14)19(28)25-9-6-7-15(11-25)12-26-13-16(23-24-26)20(2,3)21/h4-5,8,10,13,15H,6-7,9,11-12,21H2,1-3H3. The average molecular weight is 381 g/mol. The minimum Gasteiger partial charge on any atom is -0.337 e. The number of nitrogens with zero attached hydrogens (tertiary/aromatic N) is 6. The Hall–Kier alpha value is -2.74. The van der Waals surface area contributed by atoms with Crippen molar-refractivity contribution in [2.45, 2.75) is 45.7 Å². The first-order chi connectivity index (χ1) is 13.3. The molecular formula is C20H27N7O. The average Bonchev–Trinajstić information content (AvgIpc) is 3.25. The summed E-state index contributed by atoms with van der Waals surface area (Å²) in [5.41, 5.74) is 8.60. The number of hydrogen-bond acceptors (Lipinski definition) is 5. The van der Waals surface area contributed by atoms with E-state index in [-0.39, 0.29) is 5.91 Å². The summed E-state index contributed by atoms with van der Waals surface area (Å²) in [5, 5.41) is 8.41. The summed E-state index contributed by atoms with van der Waals surface area (Å²) in [7, 11) is 0. The van der Waals surface area contributed by atoms with Crippen LogP contribution in [0.3, 0.4) is 0 Å². The van der Waals surface area contributed by atoms with Crippen LogP contribution in [0.5, 0.6) is 0 Å². The first-order valence-corrected chi connectivity index (χ1v) is 9.75. The molecule has 0 aliphatic carbocycles. The molecule has 3 aromatic heterocycles. The van der Waals surface area contributed by atoms with E-state index in [0.29, 0.717) is 18.2 Å². The number of nitrogens with two attached hydrogens (primary N) is 1. The van der Waals surface area contributed by atoms with E-state index in [1.54, 1.807) is 0 Å². The number of piperidine rings is 1. The monoisotopic (exact) mass is 381 g/mol. The molecule has 1 fully saturated rings. The van der Waals surface area contributed by atoms with E-state index in [1.165, 1.54) is 0 Å². The van der Waals surface area contributed by atoms with E-state index < -0.39 is 5.54 Å². The van der Waals surface area contributed by atoms with Crippen LogP contribution < -0.4 is 5.73 Å². The highest BCUT2D eigenvalue weighted by atomic mass is 16.2. The van der Waals surface area contributed by atoms with Crippen LogP contribution in [0.2, 0.25) is 0 Å². The zero-order chi connectivity index (χ0) is 19.9. The lowest BCUT2D eigenvalue weighted by molar-refractivity contribution is 0.0651. The Morgan fingerprint density at radius 3 is 2.93 bits per heavy atom. The number of likely N-dealkylation sites (tertiary alicyclic amines) is 1. The number of amides is 1. The summed E-state index contributed by atoms with van der Waals surface area (Å²) in [6.45, 7) is 7.94. The molecule has 1 amide bonds. The van der Waals surface area contributed by atoms with E-state index in [0.717, 1.165) is 43.0 Å². The SMILES string of the molecule is Cc1nc2ccccn2c1C(=O)N1CCCC(Cn2cc(C(C)(C)N)nn2)C1. The molecule has 0 aromatic carbocycles. The molecule has 1 unspecified atom stereocenters. The van der Waals surface area contributed by atoms with Crippen LogP contribution in [0, 0.1) is 12.8 Å². The second-order valence-electron chi connectivity index (χ2n) is 8.28. The van der Waals surface area contributed by atoms with E-state index in [2.05, 4.69) is 15.3 Å². The molecule has 148 valence electrons. The van der Waals surface area contributed by atoms with Crippen LogP contribution in [0.25, 0.3) is 5.65 Å². The number of hydrogen-bond donors (Lipinski definition) is 1. The fourth-order valence-corrected chi connectivity index (χ4v) is 3.87. The van der Waals surface area contributed by atoms with Gasteiger partial charge in [0.25, 0.3) is 5.91 Å². The largest absolute Gasteiger partial charge is 0.337 e. The summed E-state index contributed by atoms with van der Waals surface area (Å²) in [6, 6.07) is 5.77. The van der Waals surface area contributed by atoms with Crippen LogP contribution in [-0.2, 0) is 12.1 Å². The van der Waals surface area contributed by atoms with Crippen molar-refractivity contribution >= 4 is 11.6 Å². The zero-order valence-electron chi connectivity index (χ0n) is 16.7. The van der Waals surface area contributed by atoms with Crippen LogP contribution in [0.15, 0.2) is 30.6 Å². The summed E-state index contributed by atoms with van der Waals surface area (Å²) in [5.74, 6) is 0.385. The van der Waals surface area contributed by atoms with Crippen LogP contribution in [0.4, 0.5) is 0 Å². The third kappa shape index (κ3) is 3.52. The molecular weight excluding hydrogens is 354 g/mol. The van der Waals surface area contributed by atoms with Gasteiger partial charge in [-0.3, -0.25) is 13.9 Å². The number of fused-ring (bicyclic) bond motifs is 1. The predicted octanol–water partition coefficient (Wildman–Crippen LogP) is 1.98. The Balaban J connectivity index is 1.50. The number of carbonyl (C=O) groups excluding carboxylic acids is 1. The first-order valence-electron chi connectivity index (χ1n) is 9.75. The Labute approximate surface area is 164 Å². The van der Waals surface area contributed by atoms with Gasteiger partial charge in [-0.25, -0.2) is 4.98 Å². The molecule has 0 spiro atoms. The van der Waals surface area contributed by atoms with Crippen molar-refractivity contribution in [3.05, 3.63) is 47.7 Å². The maximum absolute atomic E-state index is 13.2. The summed E-state index contributed by atoms with van der Waals surface area (Å²) in [6.07, 6.45) is 5.86. The molecule has 1 atom stereocenters. The number of imidazole rings is 1. The van der Waals surface area contributed by atoms with Crippen molar-refractivity contribution in [1.82, 2.24) is 29.3 Å². The fourth-order valence-electron chi connectivity index (χ4n) is 3.87. The van der Waals surface area contributed by atoms with Gasteiger partial charge in [0.15, 0.2) is 0 Å². The molecule has 1 saturated heterocycles.